The topological polar surface area (TPSA) is 80.3 Å². The average molecular weight is 265 g/mol. The summed E-state index contributed by atoms with van der Waals surface area (Å²) in [5, 5.41) is 20.6. The minimum Gasteiger partial charge on any atom is -0.545 e. The molecule has 1 rings (SSSR count). The number of hydrogen-bond acceptors (Lipinski definition) is 4. The Morgan fingerprint density at radius 2 is 1.23 bits per heavy atom. The zero-order chi connectivity index (χ0) is 9.14. The Labute approximate surface area is 87.0 Å². The molecule has 1 aromatic carbocycles. The molecule has 0 spiro atoms. The van der Waals surface area contributed by atoms with Gasteiger partial charge in [-0.2, -0.15) is 0 Å². The number of benzene rings is 1. The third-order valence-corrected chi connectivity index (χ3v) is 1.37. The van der Waals surface area contributed by atoms with Crippen molar-refractivity contribution in [3.63, 3.8) is 0 Å². The third-order valence-electron chi connectivity index (χ3n) is 1.37. The van der Waals surface area contributed by atoms with Crippen molar-refractivity contribution in [3.8, 4) is 0 Å². The number of carboxylic acids is 2. The van der Waals surface area contributed by atoms with Crippen molar-refractivity contribution in [2.24, 2.45) is 0 Å². The number of carbonyl (C=O) groups excluding carboxylic acids is 2. The van der Waals surface area contributed by atoms with E-state index in [1.165, 1.54) is 12.1 Å². The van der Waals surface area contributed by atoms with Crippen molar-refractivity contribution in [3.05, 3.63) is 35.4 Å². The molecule has 0 unspecified atom stereocenters. The van der Waals surface area contributed by atoms with Crippen molar-refractivity contribution in [2.45, 2.75) is 0 Å². The van der Waals surface area contributed by atoms with E-state index in [4.69, 9.17) is 0 Å². The molecule has 0 heterocycles. The fraction of sp³-hybridized carbons (Fsp3) is 0. The van der Waals surface area contributed by atoms with Gasteiger partial charge in [-0.05, 0) is 0 Å². The molecule has 0 bridgehead atoms. The Kier molecular flexibility index (Phi) is 4.28. The smallest absolute Gasteiger partial charge is 0.545 e. The Morgan fingerprint density at radius 3 is 1.46 bits per heavy atom. The molecule has 68 valence electrons. The van der Waals surface area contributed by atoms with Crippen LogP contribution in [0.1, 0.15) is 20.7 Å². The number of hydrogen-bond donors (Lipinski definition) is 0. The van der Waals surface area contributed by atoms with Crippen molar-refractivity contribution in [2.75, 3.05) is 0 Å². The second-order valence-electron chi connectivity index (χ2n) is 2.12. The van der Waals surface area contributed by atoms with E-state index in [2.05, 4.69) is 0 Å². The van der Waals surface area contributed by atoms with Crippen molar-refractivity contribution < 1.29 is 39.3 Å². The standard InChI is InChI=1S/C8H6O4.Ru/c9-7(10)5-3-1-2-4-6(5)8(11)12;/h1-4H,(H,9,10)(H,11,12);/q;+2/p-2. The molecule has 0 aliphatic carbocycles. The number of aromatic carboxylic acids is 2. The molecule has 1 aromatic rings. The predicted molar refractivity (Wildman–Crippen MR) is 35.1 cm³/mol. The quantitative estimate of drug-likeness (QED) is 0.604. The Hall–Kier alpha value is -1.22. The molecule has 5 heteroatoms. The minimum atomic E-state index is -1.52. The molecule has 0 aromatic heterocycles. The summed E-state index contributed by atoms with van der Waals surface area (Å²) in [5.41, 5.74) is -0.727. The SMILES string of the molecule is O=C([O-])c1ccccc1C(=O)[O-].[Ru+2]. The minimum absolute atomic E-state index is 0. The van der Waals surface area contributed by atoms with Gasteiger partial charge in [-0.15, -0.1) is 0 Å². The molecule has 4 nitrogen and oxygen atoms in total. The molecular formula is C8H4O4Ru. The van der Waals surface area contributed by atoms with Crippen molar-refractivity contribution in [1.29, 1.82) is 0 Å². The molecule has 0 saturated carbocycles. The summed E-state index contributed by atoms with van der Waals surface area (Å²) in [6.07, 6.45) is 0. The predicted octanol–water partition coefficient (Wildman–Crippen LogP) is -1.59. The Balaban J connectivity index is 0.00000144. The van der Waals surface area contributed by atoms with Crippen LogP contribution in [0.3, 0.4) is 0 Å². The van der Waals surface area contributed by atoms with Crippen LogP contribution in [0.2, 0.25) is 0 Å². The molecule has 0 radical (unpaired) electrons. The molecule has 0 amide bonds. The van der Waals surface area contributed by atoms with Gasteiger partial charge in [-0.25, -0.2) is 0 Å². The van der Waals surface area contributed by atoms with E-state index in [-0.39, 0.29) is 30.6 Å². The molecule has 0 N–H and O–H groups in total. The summed E-state index contributed by atoms with van der Waals surface area (Å²) in [4.78, 5) is 20.6. The van der Waals surface area contributed by atoms with Crippen LogP contribution >= 0.6 is 0 Å². The van der Waals surface area contributed by atoms with E-state index in [0.717, 1.165) is 12.1 Å². The van der Waals surface area contributed by atoms with Gasteiger partial charge in [0.25, 0.3) is 0 Å². The summed E-state index contributed by atoms with van der Waals surface area (Å²) < 4.78 is 0. The summed E-state index contributed by atoms with van der Waals surface area (Å²) in [5.74, 6) is -3.04. The molecule has 0 atom stereocenters. The van der Waals surface area contributed by atoms with E-state index < -0.39 is 11.9 Å². The van der Waals surface area contributed by atoms with Gasteiger partial charge in [0.1, 0.15) is 0 Å². The van der Waals surface area contributed by atoms with Gasteiger partial charge in [-0.3, -0.25) is 0 Å². The van der Waals surface area contributed by atoms with Crippen molar-refractivity contribution in [1.82, 2.24) is 0 Å². The second kappa shape index (κ2) is 4.72. The number of carboxylic acid groups (broad SMARTS) is 2. The Morgan fingerprint density at radius 1 is 0.923 bits per heavy atom. The summed E-state index contributed by atoms with van der Waals surface area (Å²) in [6, 6.07) is 5.14. The van der Waals surface area contributed by atoms with Gasteiger partial charge < -0.3 is 19.8 Å². The van der Waals surface area contributed by atoms with Gasteiger partial charge in [0, 0.05) is 11.1 Å². The van der Waals surface area contributed by atoms with Gasteiger partial charge in [0.15, 0.2) is 0 Å². The van der Waals surface area contributed by atoms with Crippen LogP contribution in [-0.4, -0.2) is 11.9 Å². The average Bonchev–Trinajstić information content (AvgIpc) is 2.04. The summed E-state index contributed by atoms with van der Waals surface area (Å²) >= 11 is 0. The summed E-state index contributed by atoms with van der Waals surface area (Å²) in [7, 11) is 0. The second-order valence-corrected chi connectivity index (χ2v) is 2.12. The molecule has 0 aliphatic heterocycles. The van der Waals surface area contributed by atoms with Gasteiger partial charge >= 0.3 is 19.5 Å². The van der Waals surface area contributed by atoms with Crippen LogP contribution in [-0.2, 0) is 19.5 Å². The fourth-order valence-corrected chi connectivity index (χ4v) is 0.839. The third kappa shape index (κ3) is 2.63. The van der Waals surface area contributed by atoms with E-state index in [9.17, 15) is 19.8 Å². The molecule has 0 fully saturated rings. The normalized spacial score (nSPS) is 8.62. The summed E-state index contributed by atoms with van der Waals surface area (Å²) in [6.45, 7) is 0. The van der Waals surface area contributed by atoms with E-state index in [0.29, 0.717) is 0 Å². The first kappa shape index (κ1) is 11.8. The molecule has 13 heavy (non-hydrogen) atoms. The van der Waals surface area contributed by atoms with E-state index in [1.54, 1.807) is 0 Å². The van der Waals surface area contributed by atoms with E-state index >= 15 is 0 Å². The van der Waals surface area contributed by atoms with Crippen LogP contribution in [0.25, 0.3) is 0 Å². The van der Waals surface area contributed by atoms with E-state index in [1.807, 2.05) is 0 Å². The molecular weight excluding hydrogens is 261 g/mol. The maximum atomic E-state index is 10.3. The van der Waals surface area contributed by atoms with Crippen LogP contribution in [0.4, 0.5) is 0 Å². The monoisotopic (exact) mass is 266 g/mol. The van der Waals surface area contributed by atoms with Gasteiger partial charge in [-0.1, -0.05) is 24.3 Å². The van der Waals surface area contributed by atoms with Crippen LogP contribution in [0, 0.1) is 0 Å². The zero-order valence-corrected chi connectivity index (χ0v) is 8.03. The largest absolute Gasteiger partial charge is 2.00 e. The van der Waals surface area contributed by atoms with Crippen LogP contribution < -0.4 is 10.2 Å². The first-order valence-corrected chi connectivity index (χ1v) is 3.14. The van der Waals surface area contributed by atoms with Crippen LogP contribution in [0.5, 0.6) is 0 Å². The molecule has 0 saturated heterocycles. The first-order chi connectivity index (χ1) is 5.63. The van der Waals surface area contributed by atoms with Gasteiger partial charge in [0.2, 0.25) is 0 Å². The fourth-order valence-electron chi connectivity index (χ4n) is 0.839. The number of rotatable bonds is 2. The Bertz CT molecular complexity index is 302. The maximum absolute atomic E-state index is 10.3. The number of carbonyl (C=O) groups is 2. The zero-order valence-electron chi connectivity index (χ0n) is 6.30. The molecule has 0 aliphatic rings. The van der Waals surface area contributed by atoms with Gasteiger partial charge in [0.05, 0.1) is 11.9 Å². The van der Waals surface area contributed by atoms with Crippen molar-refractivity contribution >= 4 is 11.9 Å². The van der Waals surface area contributed by atoms with Crippen LogP contribution in [0.15, 0.2) is 24.3 Å². The first-order valence-electron chi connectivity index (χ1n) is 3.14. The maximum Gasteiger partial charge on any atom is 2.00 e.